The van der Waals surface area contributed by atoms with Crippen molar-refractivity contribution in [2.45, 2.75) is 45.6 Å². The molecule has 0 radical (unpaired) electrons. The number of ether oxygens (including phenoxy) is 1. The Kier molecular flexibility index (Phi) is 3.46. The largest absolute Gasteiger partial charge is 0.462 e. The Morgan fingerprint density at radius 1 is 1.62 bits per heavy atom. The van der Waals surface area contributed by atoms with Gasteiger partial charge in [-0.15, -0.1) is 0 Å². The fraction of sp³-hybridized carbons (Fsp3) is 0.800. The Morgan fingerprint density at radius 3 is 2.85 bits per heavy atom. The average molecular weight is 184 g/mol. The molecule has 1 aliphatic rings. The van der Waals surface area contributed by atoms with Gasteiger partial charge in [0.1, 0.15) is 11.9 Å². The summed E-state index contributed by atoms with van der Waals surface area (Å²) in [7, 11) is 0. The van der Waals surface area contributed by atoms with Crippen LogP contribution >= 0.6 is 0 Å². The van der Waals surface area contributed by atoms with Crippen molar-refractivity contribution in [3.05, 3.63) is 0 Å². The van der Waals surface area contributed by atoms with Gasteiger partial charge in [0.2, 0.25) is 0 Å². The second-order valence-electron chi connectivity index (χ2n) is 3.75. The second kappa shape index (κ2) is 4.40. The lowest BCUT2D eigenvalue weighted by molar-refractivity contribution is -0.157. The third-order valence-corrected chi connectivity index (χ3v) is 2.33. The molecule has 0 spiro atoms. The molecule has 0 N–H and O–H groups in total. The molecule has 3 heteroatoms. The Morgan fingerprint density at radius 2 is 2.31 bits per heavy atom. The number of cyclic esters (lactones) is 1. The molecule has 1 saturated heterocycles. The van der Waals surface area contributed by atoms with Crippen LogP contribution in [0.1, 0.15) is 39.5 Å². The van der Waals surface area contributed by atoms with Gasteiger partial charge >= 0.3 is 5.97 Å². The molecule has 2 unspecified atom stereocenters. The van der Waals surface area contributed by atoms with Crippen LogP contribution in [0, 0.1) is 5.92 Å². The summed E-state index contributed by atoms with van der Waals surface area (Å²) in [5.74, 6) is 0.371. The number of esters is 1. The molecular formula is C10H16O3. The lowest BCUT2D eigenvalue weighted by atomic mass is 9.94. The molecule has 0 bridgehead atoms. The van der Waals surface area contributed by atoms with E-state index in [1.807, 2.05) is 13.8 Å². The number of rotatable bonds is 3. The number of hydrogen-bond donors (Lipinski definition) is 0. The highest BCUT2D eigenvalue weighted by Gasteiger charge is 2.26. The van der Waals surface area contributed by atoms with Crippen molar-refractivity contribution in [1.29, 1.82) is 0 Å². The fourth-order valence-electron chi connectivity index (χ4n) is 1.62. The first-order valence-corrected chi connectivity index (χ1v) is 4.83. The van der Waals surface area contributed by atoms with E-state index in [1.54, 1.807) is 0 Å². The number of Topliss-reactive ketones (excluding diaryl/α,β-unsaturated/α-hetero) is 1. The summed E-state index contributed by atoms with van der Waals surface area (Å²) in [5, 5.41) is 0. The predicted octanol–water partition coefficient (Wildman–Crippen LogP) is 1.70. The van der Waals surface area contributed by atoms with E-state index in [9.17, 15) is 9.59 Å². The quantitative estimate of drug-likeness (QED) is 0.627. The summed E-state index contributed by atoms with van der Waals surface area (Å²) >= 11 is 0. The number of ketones is 1. The maximum absolute atomic E-state index is 11.1. The minimum absolute atomic E-state index is 0.160. The normalized spacial score (nSPS) is 28.3. The van der Waals surface area contributed by atoms with Crippen molar-refractivity contribution in [3.8, 4) is 0 Å². The van der Waals surface area contributed by atoms with Crippen molar-refractivity contribution in [1.82, 2.24) is 0 Å². The molecule has 0 aromatic rings. The zero-order chi connectivity index (χ0) is 9.84. The lowest BCUT2D eigenvalue weighted by Crippen LogP contribution is -2.30. The molecule has 0 aromatic heterocycles. The van der Waals surface area contributed by atoms with Gasteiger partial charge in [0, 0.05) is 19.3 Å². The van der Waals surface area contributed by atoms with Crippen molar-refractivity contribution < 1.29 is 14.3 Å². The van der Waals surface area contributed by atoms with Crippen LogP contribution in [0.3, 0.4) is 0 Å². The molecule has 1 rings (SSSR count). The van der Waals surface area contributed by atoms with E-state index in [-0.39, 0.29) is 17.9 Å². The zero-order valence-electron chi connectivity index (χ0n) is 8.21. The van der Waals surface area contributed by atoms with Gasteiger partial charge in [-0.2, -0.15) is 0 Å². The van der Waals surface area contributed by atoms with Gasteiger partial charge in [0.15, 0.2) is 0 Å². The number of carbonyl (C=O) groups excluding carboxylic acids is 2. The van der Waals surface area contributed by atoms with Gasteiger partial charge in [-0.1, -0.05) is 13.8 Å². The third-order valence-electron chi connectivity index (χ3n) is 2.33. The number of hydrogen-bond acceptors (Lipinski definition) is 3. The Hall–Kier alpha value is -0.860. The molecule has 74 valence electrons. The minimum atomic E-state index is -0.163. The summed E-state index contributed by atoms with van der Waals surface area (Å²) in [5.41, 5.74) is 0. The van der Waals surface area contributed by atoms with Crippen molar-refractivity contribution in [2.75, 3.05) is 0 Å². The maximum Gasteiger partial charge on any atom is 0.306 e. The minimum Gasteiger partial charge on any atom is -0.462 e. The van der Waals surface area contributed by atoms with Crippen LogP contribution in [-0.2, 0) is 14.3 Å². The fourth-order valence-corrected chi connectivity index (χ4v) is 1.62. The molecule has 1 aliphatic heterocycles. The van der Waals surface area contributed by atoms with E-state index in [1.165, 1.54) is 0 Å². The molecule has 0 aromatic carbocycles. The maximum atomic E-state index is 11.1. The Labute approximate surface area is 78.5 Å². The first-order chi connectivity index (χ1) is 6.11. The molecule has 0 aliphatic carbocycles. The van der Waals surface area contributed by atoms with Crippen LogP contribution in [0.4, 0.5) is 0 Å². The predicted molar refractivity (Wildman–Crippen MR) is 48.2 cm³/mol. The molecule has 2 atom stereocenters. The zero-order valence-corrected chi connectivity index (χ0v) is 8.21. The van der Waals surface area contributed by atoms with Crippen LogP contribution in [0.15, 0.2) is 0 Å². The van der Waals surface area contributed by atoms with Gasteiger partial charge in [0.25, 0.3) is 0 Å². The van der Waals surface area contributed by atoms with E-state index in [0.29, 0.717) is 25.2 Å². The molecule has 1 heterocycles. The van der Waals surface area contributed by atoms with Gasteiger partial charge in [-0.25, -0.2) is 0 Å². The highest BCUT2D eigenvalue weighted by molar-refractivity contribution is 5.79. The summed E-state index contributed by atoms with van der Waals surface area (Å²) in [6, 6.07) is 0. The second-order valence-corrected chi connectivity index (χ2v) is 3.75. The van der Waals surface area contributed by atoms with E-state index in [2.05, 4.69) is 0 Å². The first kappa shape index (κ1) is 10.2. The lowest BCUT2D eigenvalue weighted by Gasteiger charge is -2.25. The molecular weight excluding hydrogens is 168 g/mol. The van der Waals surface area contributed by atoms with E-state index in [4.69, 9.17) is 4.74 Å². The van der Waals surface area contributed by atoms with Crippen LogP contribution in [0.25, 0.3) is 0 Å². The molecule has 0 saturated carbocycles. The Bertz CT molecular complexity index is 210. The summed E-state index contributed by atoms with van der Waals surface area (Å²) in [4.78, 5) is 22.1. The summed E-state index contributed by atoms with van der Waals surface area (Å²) in [6.07, 6.45) is 2.09. The van der Waals surface area contributed by atoms with Crippen LogP contribution in [-0.4, -0.2) is 17.9 Å². The van der Waals surface area contributed by atoms with Gasteiger partial charge < -0.3 is 4.74 Å². The van der Waals surface area contributed by atoms with Crippen molar-refractivity contribution in [3.63, 3.8) is 0 Å². The van der Waals surface area contributed by atoms with Crippen LogP contribution in [0.5, 0.6) is 0 Å². The molecule has 0 amide bonds. The molecule has 1 fully saturated rings. The SMILES string of the molecule is CCC(=O)CC1CC(C)CC(=O)O1. The van der Waals surface area contributed by atoms with E-state index < -0.39 is 0 Å². The summed E-state index contributed by atoms with van der Waals surface area (Å²) in [6.45, 7) is 3.85. The standard InChI is InChI=1S/C10H16O3/c1-3-8(11)6-9-4-7(2)5-10(12)13-9/h7,9H,3-6H2,1-2H3. The van der Waals surface area contributed by atoms with Crippen LogP contribution < -0.4 is 0 Å². The summed E-state index contributed by atoms with van der Waals surface area (Å²) < 4.78 is 5.07. The highest BCUT2D eigenvalue weighted by atomic mass is 16.5. The number of carbonyl (C=O) groups is 2. The third kappa shape index (κ3) is 3.17. The Balaban J connectivity index is 2.41. The van der Waals surface area contributed by atoms with Gasteiger partial charge in [0.05, 0.1) is 0 Å². The van der Waals surface area contributed by atoms with Gasteiger partial charge in [-0.05, 0) is 12.3 Å². The van der Waals surface area contributed by atoms with Crippen LogP contribution in [0.2, 0.25) is 0 Å². The van der Waals surface area contributed by atoms with Gasteiger partial charge in [-0.3, -0.25) is 9.59 Å². The molecule has 13 heavy (non-hydrogen) atoms. The smallest absolute Gasteiger partial charge is 0.306 e. The van der Waals surface area contributed by atoms with Crippen molar-refractivity contribution >= 4 is 11.8 Å². The van der Waals surface area contributed by atoms with E-state index >= 15 is 0 Å². The monoisotopic (exact) mass is 184 g/mol. The molecule has 3 nitrogen and oxygen atoms in total. The van der Waals surface area contributed by atoms with E-state index in [0.717, 1.165) is 6.42 Å². The first-order valence-electron chi connectivity index (χ1n) is 4.83. The average Bonchev–Trinajstić information content (AvgIpc) is 2.02. The topological polar surface area (TPSA) is 43.4 Å². The highest BCUT2D eigenvalue weighted by Crippen LogP contribution is 2.22. The van der Waals surface area contributed by atoms with Crippen molar-refractivity contribution in [2.24, 2.45) is 5.92 Å².